The second-order valence-electron chi connectivity index (χ2n) is 8.20. The summed E-state index contributed by atoms with van der Waals surface area (Å²) in [5.41, 5.74) is 3.71. The topological polar surface area (TPSA) is 104 Å². The van der Waals surface area contributed by atoms with Crippen LogP contribution >= 0.6 is 0 Å². The molecule has 1 aliphatic rings. The molecule has 1 atom stereocenters. The molecule has 7 nitrogen and oxygen atoms in total. The van der Waals surface area contributed by atoms with Crippen molar-refractivity contribution in [1.82, 2.24) is 15.3 Å². The molecule has 0 saturated carbocycles. The number of amides is 1. The average Bonchev–Trinajstić information content (AvgIpc) is 2.81. The van der Waals surface area contributed by atoms with E-state index in [2.05, 4.69) is 32.7 Å². The number of aromatic nitrogens is 2. The molecular formula is C25H28N4O3. The Kier molecular flexibility index (Phi) is 6.94. The van der Waals surface area contributed by atoms with Gasteiger partial charge in [-0.2, -0.15) is 0 Å². The van der Waals surface area contributed by atoms with Crippen molar-refractivity contribution in [3.63, 3.8) is 0 Å². The van der Waals surface area contributed by atoms with Crippen molar-refractivity contribution in [2.24, 2.45) is 0 Å². The van der Waals surface area contributed by atoms with Crippen molar-refractivity contribution in [2.45, 2.75) is 44.4 Å². The fourth-order valence-electron chi connectivity index (χ4n) is 4.03. The van der Waals surface area contributed by atoms with Crippen molar-refractivity contribution in [2.75, 3.05) is 18.4 Å². The summed E-state index contributed by atoms with van der Waals surface area (Å²) >= 11 is 0. The number of nitrogens with one attached hydrogen (secondary N) is 2. The first-order valence-electron chi connectivity index (χ1n) is 11.2. The number of carbonyl (C=O) groups is 2. The molecule has 32 heavy (non-hydrogen) atoms. The van der Waals surface area contributed by atoms with E-state index in [-0.39, 0.29) is 12.5 Å². The highest BCUT2D eigenvalue weighted by Crippen LogP contribution is 2.21. The van der Waals surface area contributed by atoms with Crippen molar-refractivity contribution >= 4 is 28.6 Å². The SMILES string of the molecule is O=C(CCCCc1ccc2c(n1)NCCC2)NC[C@H](C(=O)O)c1cnc2ccccc2c1. The molecule has 1 amide bonds. The number of aryl methyl sites for hydroxylation is 2. The fourth-order valence-corrected chi connectivity index (χ4v) is 4.03. The molecule has 166 valence electrons. The number of fused-ring (bicyclic) bond motifs is 2. The van der Waals surface area contributed by atoms with Gasteiger partial charge in [0.05, 0.1) is 5.52 Å². The lowest BCUT2D eigenvalue weighted by Crippen LogP contribution is -2.31. The summed E-state index contributed by atoms with van der Waals surface area (Å²) in [4.78, 5) is 33.1. The minimum atomic E-state index is -0.977. The van der Waals surface area contributed by atoms with Crippen LogP contribution in [0, 0.1) is 0 Å². The number of unbranched alkanes of at least 4 members (excludes halogenated alkanes) is 1. The minimum Gasteiger partial charge on any atom is -0.481 e. The number of hydrogen-bond acceptors (Lipinski definition) is 5. The maximum Gasteiger partial charge on any atom is 0.312 e. The lowest BCUT2D eigenvalue weighted by Gasteiger charge is -2.17. The Morgan fingerprint density at radius 3 is 2.91 bits per heavy atom. The Hall–Kier alpha value is -3.48. The van der Waals surface area contributed by atoms with E-state index in [0.717, 1.165) is 61.1 Å². The number of pyridine rings is 2. The van der Waals surface area contributed by atoms with E-state index in [4.69, 9.17) is 0 Å². The van der Waals surface area contributed by atoms with Gasteiger partial charge in [0.25, 0.3) is 0 Å². The number of carboxylic acids is 1. The molecule has 0 saturated heterocycles. The van der Waals surface area contributed by atoms with Crippen LogP contribution < -0.4 is 10.6 Å². The molecule has 0 unspecified atom stereocenters. The minimum absolute atomic E-state index is 0.0479. The number of hydrogen-bond donors (Lipinski definition) is 3. The number of carboxylic acid groups (broad SMARTS) is 1. The van der Waals surface area contributed by atoms with E-state index in [1.807, 2.05) is 30.3 Å². The van der Waals surface area contributed by atoms with Gasteiger partial charge >= 0.3 is 5.97 Å². The first kappa shape index (κ1) is 21.7. The quantitative estimate of drug-likeness (QED) is 0.446. The van der Waals surface area contributed by atoms with Crippen LogP contribution in [-0.4, -0.2) is 40.0 Å². The highest BCUT2D eigenvalue weighted by atomic mass is 16.4. The second kappa shape index (κ2) is 10.2. The van der Waals surface area contributed by atoms with Crippen molar-refractivity contribution < 1.29 is 14.7 Å². The summed E-state index contributed by atoms with van der Waals surface area (Å²) in [6, 6.07) is 13.6. The van der Waals surface area contributed by atoms with Crippen LogP contribution in [0.3, 0.4) is 0 Å². The molecule has 3 N–H and O–H groups in total. The van der Waals surface area contributed by atoms with Crippen LogP contribution in [0.5, 0.6) is 0 Å². The van der Waals surface area contributed by atoms with Gasteiger partial charge in [-0.15, -0.1) is 0 Å². The number of nitrogens with zero attached hydrogens (tertiary/aromatic N) is 2. The third kappa shape index (κ3) is 5.41. The van der Waals surface area contributed by atoms with E-state index in [9.17, 15) is 14.7 Å². The first-order valence-corrected chi connectivity index (χ1v) is 11.2. The normalized spacial score (nSPS) is 13.8. The summed E-state index contributed by atoms with van der Waals surface area (Å²) in [5.74, 6) is -0.947. The molecular weight excluding hydrogens is 404 g/mol. The Morgan fingerprint density at radius 1 is 1.16 bits per heavy atom. The monoisotopic (exact) mass is 432 g/mol. The Labute approximate surface area is 187 Å². The van der Waals surface area contributed by atoms with E-state index in [1.165, 1.54) is 5.56 Å². The van der Waals surface area contributed by atoms with Crippen LogP contribution in [0.2, 0.25) is 0 Å². The summed E-state index contributed by atoms with van der Waals surface area (Å²) in [6.07, 6.45) is 6.57. The van der Waals surface area contributed by atoms with Crippen LogP contribution in [0.15, 0.2) is 48.7 Å². The van der Waals surface area contributed by atoms with Crippen molar-refractivity contribution in [1.29, 1.82) is 0 Å². The molecule has 4 rings (SSSR count). The molecule has 3 aromatic rings. The van der Waals surface area contributed by atoms with Crippen molar-refractivity contribution in [3.05, 3.63) is 65.5 Å². The largest absolute Gasteiger partial charge is 0.481 e. The molecule has 0 fully saturated rings. The van der Waals surface area contributed by atoms with Gasteiger partial charge in [-0.05, 0) is 61.4 Å². The lowest BCUT2D eigenvalue weighted by atomic mass is 9.99. The third-order valence-electron chi connectivity index (χ3n) is 5.85. The maximum atomic E-state index is 12.3. The molecule has 3 heterocycles. The fraction of sp³-hybridized carbons (Fsp3) is 0.360. The number of para-hydroxylation sites is 1. The van der Waals surface area contributed by atoms with E-state index in [1.54, 1.807) is 6.20 Å². The molecule has 1 aliphatic heterocycles. The Bertz CT molecular complexity index is 1120. The number of benzene rings is 1. The Morgan fingerprint density at radius 2 is 2.03 bits per heavy atom. The summed E-state index contributed by atoms with van der Waals surface area (Å²) in [5, 5.41) is 16.6. The molecule has 0 spiro atoms. The van der Waals surface area contributed by atoms with Gasteiger partial charge in [-0.1, -0.05) is 24.3 Å². The third-order valence-corrected chi connectivity index (χ3v) is 5.85. The van der Waals surface area contributed by atoms with Gasteiger partial charge < -0.3 is 15.7 Å². The number of anilines is 1. The predicted octanol–water partition coefficient (Wildman–Crippen LogP) is 3.69. The number of aliphatic carboxylic acids is 1. The standard InChI is InChI=1S/C25H28N4O3/c30-23(10-4-2-8-20-12-11-17-7-5-13-26-24(17)29-20)28-16-21(25(31)32)19-14-18-6-1-3-9-22(18)27-15-19/h1,3,6,9,11-12,14-15,21H,2,4-5,7-8,10,13,16H2,(H,26,29)(H,28,30)(H,31,32)/t21-/m0/s1. The van der Waals surface area contributed by atoms with Crippen LogP contribution in [0.25, 0.3) is 10.9 Å². The van der Waals surface area contributed by atoms with Gasteiger partial charge in [0.1, 0.15) is 11.7 Å². The zero-order valence-electron chi connectivity index (χ0n) is 18.0. The van der Waals surface area contributed by atoms with E-state index in [0.29, 0.717) is 12.0 Å². The molecule has 7 heteroatoms. The molecule has 2 aromatic heterocycles. The van der Waals surface area contributed by atoms with Crippen molar-refractivity contribution in [3.8, 4) is 0 Å². The first-order chi connectivity index (χ1) is 15.6. The summed E-state index contributed by atoms with van der Waals surface area (Å²) in [7, 11) is 0. The van der Waals surface area contributed by atoms with Gasteiger partial charge in [0, 0.05) is 36.8 Å². The smallest absolute Gasteiger partial charge is 0.312 e. The van der Waals surface area contributed by atoms with Gasteiger partial charge in [-0.3, -0.25) is 14.6 Å². The van der Waals surface area contributed by atoms with Gasteiger partial charge in [-0.25, -0.2) is 4.98 Å². The average molecular weight is 433 g/mol. The summed E-state index contributed by atoms with van der Waals surface area (Å²) < 4.78 is 0. The Balaban J connectivity index is 1.24. The predicted molar refractivity (Wildman–Crippen MR) is 124 cm³/mol. The molecule has 0 radical (unpaired) electrons. The molecule has 1 aromatic carbocycles. The van der Waals surface area contributed by atoms with Crippen LogP contribution in [-0.2, 0) is 22.4 Å². The highest BCUT2D eigenvalue weighted by molar-refractivity contribution is 5.83. The van der Waals surface area contributed by atoms with E-state index >= 15 is 0 Å². The zero-order valence-corrected chi connectivity index (χ0v) is 18.0. The lowest BCUT2D eigenvalue weighted by molar-refractivity contribution is -0.138. The second-order valence-corrected chi connectivity index (χ2v) is 8.20. The zero-order chi connectivity index (χ0) is 22.3. The number of rotatable bonds is 9. The maximum absolute atomic E-state index is 12.3. The van der Waals surface area contributed by atoms with Gasteiger partial charge in [0.2, 0.25) is 5.91 Å². The van der Waals surface area contributed by atoms with E-state index < -0.39 is 11.9 Å². The van der Waals surface area contributed by atoms with Gasteiger partial charge in [0.15, 0.2) is 0 Å². The molecule has 0 bridgehead atoms. The van der Waals surface area contributed by atoms with Crippen LogP contribution in [0.1, 0.15) is 48.4 Å². The number of carbonyl (C=O) groups excluding carboxylic acids is 1. The molecule has 0 aliphatic carbocycles. The summed E-state index contributed by atoms with van der Waals surface area (Å²) in [6.45, 7) is 1.02. The highest BCUT2D eigenvalue weighted by Gasteiger charge is 2.21. The van der Waals surface area contributed by atoms with Crippen LogP contribution in [0.4, 0.5) is 5.82 Å².